The maximum Gasteiger partial charge on any atom is 0.332 e. The molecular formula is C8H15NO6S2. The Bertz CT molecular complexity index is 486. The minimum absolute atomic E-state index is 0.00866. The molecule has 1 atom stereocenters. The summed E-state index contributed by atoms with van der Waals surface area (Å²) in [5.41, 5.74) is -0.483. The maximum atomic E-state index is 11.4. The van der Waals surface area contributed by atoms with Crippen LogP contribution in [0.5, 0.6) is 0 Å². The fraction of sp³-hybridized carbons (Fsp3) is 0.625. The monoisotopic (exact) mass is 285 g/mol. The molecule has 0 rings (SSSR count). The van der Waals surface area contributed by atoms with Crippen molar-refractivity contribution >= 4 is 26.0 Å². The molecule has 0 aliphatic carbocycles. The van der Waals surface area contributed by atoms with Crippen molar-refractivity contribution in [3.05, 3.63) is 12.2 Å². The van der Waals surface area contributed by atoms with Crippen molar-refractivity contribution in [2.24, 2.45) is 0 Å². The van der Waals surface area contributed by atoms with E-state index >= 15 is 0 Å². The summed E-state index contributed by atoms with van der Waals surface area (Å²) in [4.78, 5) is 10.7. The fourth-order valence-electron chi connectivity index (χ4n) is 1.37. The van der Waals surface area contributed by atoms with Gasteiger partial charge in [-0.05, 0) is 6.42 Å². The summed E-state index contributed by atoms with van der Waals surface area (Å²) in [6.45, 7) is 4.68. The van der Waals surface area contributed by atoms with Crippen molar-refractivity contribution in [2.45, 2.75) is 19.4 Å². The van der Waals surface area contributed by atoms with Crippen LogP contribution in [0.3, 0.4) is 0 Å². The zero-order valence-electron chi connectivity index (χ0n) is 9.74. The standard InChI is InChI=1S/C8H15NO6S2/c1-5-7(6(2)8(10)11)9(16(3,12)13)17(4,14)15/h7H,2,5H2,1,3-4H3,(H,10,11). The first-order valence-corrected chi connectivity index (χ1v) is 8.24. The van der Waals surface area contributed by atoms with E-state index in [1.54, 1.807) is 0 Å². The van der Waals surface area contributed by atoms with Gasteiger partial charge >= 0.3 is 5.97 Å². The molecule has 0 spiro atoms. The van der Waals surface area contributed by atoms with Gasteiger partial charge in [-0.15, -0.1) is 0 Å². The summed E-state index contributed by atoms with van der Waals surface area (Å²) in [7, 11) is -8.18. The van der Waals surface area contributed by atoms with Crippen LogP contribution in [-0.2, 0) is 24.8 Å². The number of carbonyl (C=O) groups is 1. The van der Waals surface area contributed by atoms with E-state index in [0.717, 1.165) is 0 Å². The molecule has 0 aromatic carbocycles. The molecule has 0 fully saturated rings. The molecule has 17 heavy (non-hydrogen) atoms. The van der Waals surface area contributed by atoms with Crippen molar-refractivity contribution in [3.63, 3.8) is 0 Å². The molecule has 0 aromatic rings. The minimum atomic E-state index is -4.09. The molecule has 0 aliphatic heterocycles. The molecule has 9 heteroatoms. The van der Waals surface area contributed by atoms with E-state index in [4.69, 9.17) is 5.11 Å². The van der Waals surface area contributed by atoms with Gasteiger partial charge in [0.05, 0.1) is 18.6 Å². The van der Waals surface area contributed by atoms with Gasteiger partial charge in [-0.3, -0.25) is 0 Å². The number of aliphatic carboxylic acids is 1. The van der Waals surface area contributed by atoms with Crippen molar-refractivity contribution in [1.29, 1.82) is 0 Å². The molecule has 1 N–H and O–H groups in total. The third kappa shape index (κ3) is 4.10. The van der Waals surface area contributed by atoms with Gasteiger partial charge in [-0.25, -0.2) is 21.6 Å². The van der Waals surface area contributed by atoms with Crippen LogP contribution >= 0.6 is 0 Å². The van der Waals surface area contributed by atoms with E-state index in [1.807, 2.05) is 0 Å². The Labute approximate surface area is 101 Å². The molecule has 0 aliphatic rings. The van der Waals surface area contributed by atoms with Gasteiger partial charge in [-0.1, -0.05) is 17.2 Å². The normalized spacial score (nSPS) is 14.6. The molecule has 0 aromatic heterocycles. The SMILES string of the molecule is C=C(C(=O)O)C(CC)N(S(C)(=O)=O)S(C)(=O)=O. The highest BCUT2D eigenvalue weighted by Crippen LogP contribution is 2.20. The Kier molecular flexibility index (Phi) is 4.87. The second-order valence-electron chi connectivity index (χ2n) is 3.51. The first-order chi connectivity index (χ1) is 7.42. The molecule has 0 amide bonds. The second-order valence-corrected chi connectivity index (χ2v) is 7.46. The average Bonchev–Trinajstić information content (AvgIpc) is 2.08. The van der Waals surface area contributed by atoms with Crippen LogP contribution in [-0.4, -0.2) is 50.2 Å². The van der Waals surface area contributed by atoms with Gasteiger partial charge in [-0.2, -0.15) is 0 Å². The van der Waals surface area contributed by atoms with Crippen LogP contribution in [0, 0.1) is 0 Å². The van der Waals surface area contributed by atoms with Crippen LogP contribution in [0.25, 0.3) is 0 Å². The Hall–Kier alpha value is -0.930. The van der Waals surface area contributed by atoms with Gasteiger partial charge in [0, 0.05) is 5.57 Å². The van der Waals surface area contributed by atoms with E-state index in [9.17, 15) is 21.6 Å². The van der Waals surface area contributed by atoms with Crippen LogP contribution < -0.4 is 0 Å². The van der Waals surface area contributed by atoms with Crippen molar-refractivity contribution in [2.75, 3.05) is 12.5 Å². The summed E-state index contributed by atoms with van der Waals surface area (Å²) in [6, 6.07) is -1.31. The second kappa shape index (κ2) is 5.15. The first kappa shape index (κ1) is 16.1. The summed E-state index contributed by atoms with van der Waals surface area (Å²) in [5, 5.41) is 8.75. The van der Waals surface area contributed by atoms with Crippen molar-refractivity contribution in [1.82, 2.24) is 3.71 Å². The lowest BCUT2D eigenvalue weighted by Gasteiger charge is -2.26. The number of carboxylic acid groups (broad SMARTS) is 1. The van der Waals surface area contributed by atoms with E-state index in [1.165, 1.54) is 6.92 Å². The van der Waals surface area contributed by atoms with Gasteiger partial charge in [0.25, 0.3) is 0 Å². The lowest BCUT2D eigenvalue weighted by molar-refractivity contribution is -0.133. The van der Waals surface area contributed by atoms with Gasteiger partial charge < -0.3 is 5.11 Å². The van der Waals surface area contributed by atoms with Crippen molar-refractivity contribution < 1.29 is 26.7 Å². The summed E-state index contributed by atoms with van der Waals surface area (Å²) in [5.74, 6) is -1.44. The molecule has 0 saturated carbocycles. The first-order valence-electron chi connectivity index (χ1n) is 4.54. The number of hydrogen-bond acceptors (Lipinski definition) is 5. The van der Waals surface area contributed by atoms with E-state index in [2.05, 4.69) is 6.58 Å². The summed E-state index contributed by atoms with van der Waals surface area (Å²) >= 11 is 0. The van der Waals surface area contributed by atoms with Gasteiger partial charge in [0.2, 0.25) is 20.0 Å². The highest BCUT2D eigenvalue weighted by Gasteiger charge is 2.37. The zero-order chi connectivity index (χ0) is 14.0. The van der Waals surface area contributed by atoms with Crippen LogP contribution in [0.1, 0.15) is 13.3 Å². The van der Waals surface area contributed by atoms with Gasteiger partial charge in [0.15, 0.2) is 0 Å². The molecular weight excluding hydrogens is 270 g/mol. The van der Waals surface area contributed by atoms with Crippen LogP contribution in [0.15, 0.2) is 12.2 Å². The summed E-state index contributed by atoms with van der Waals surface area (Å²) < 4.78 is 45.8. The molecule has 0 heterocycles. The smallest absolute Gasteiger partial charge is 0.332 e. The predicted molar refractivity (Wildman–Crippen MR) is 62.4 cm³/mol. The summed E-state index contributed by atoms with van der Waals surface area (Å²) in [6.07, 6.45) is 1.39. The number of hydrogen-bond donors (Lipinski definition) is 1. The van der Waals surface area contributed by atoms with E-state index in [-0.39, 0.29) is 10.1 Å². The van der Waals surface area contributed by atoms with E-state index < -0.39 is 37.6 Å². The molecule has 7 nitrogen and oxygen atoms in total. The van der Waals surface area contributed by atoms with Crippen molar-refractivity contribution in [3.8, 4) is 0 Å². The van der Waals surface area contributed by atoms with Gasteiger partial charge in [0.1, 0.15) is 0 Å². The lowest BCUT2D eigenvalue weighted by atomic mass is 10.1. The Morgan fingerprint density at radius 3 is 1.76 bits per heavy atom. The largest absolute Gasteiger partial charge is 0.478 e. The lowest BCUT2D eigenvalue weighted by Crippen LogP contribution is -2.45. The zero-order valence-corrected chi connectivity index (χ0v) is 11.4. The topological polar surface area (TPSA) is 109 Å². The molecule has 0 radical (unpaired) electrons. The maximum absolute atomic E-state index is 11.4. The molecule has 100 valence electrons. The Balaban J connectivity index is 5.78. The number of sulfonamides is 2. The third-order valence-electron chi connectivity index (χ3n) is 1.97. The van der Waals surface area contributed by atoms with Crippen LogP contribution in [0.2, 0.25) is 0 Å². The van der Waals surface area contributed by atoms with E-state index in [0.29, 0.717) is 12.5 Å². The highest BCUT2D eigenvalue weighted by molar-refractivity contribution is 8.03. The fourth-order valence-corrected chi connectivity index (χ4v) is 4.82. The molecule has 1 unspecified atom stereocenters. The third-order valence-corrected chi connectivity index (χ3v) is 5.41. The molecule has 0 saturated heterocycles. The number of rotatable bonds is 6. The van der Waals surface area contributed by atoms with Crippen LogP contribution in [0.4, 0.5) is 0 Å². The minimum Gasteiger partial charge on any atom is -0.478 e. The number of carboxylic acids is 1. The average molecular weight is 285 g/mol. The molecule has 0 bridgehead atoms. The quantitative estimate of drug-likeness (QED) is 0.667. The predicted octanol–water partition coefficient (Wildman–Crippen LogP) is -0.373. The number of nitrogens with zero attached hydrogens (tertiary/aromatic N) is 1. The highest BCUT2D eigenvalue weighted by atomic mass is 32.3. The Morgan fingerprint density at radius 2 is 1.59 bits per heavy atom. The Morgan fingerprint density at radius 1 is 1.24 bits per heavy atom.